The minimum absolute atomic E-state index is 0.729. The molecule has 0 fully saturated rings. The molecule has 0 saturated carbocycles. The SMILES string of the molecule is CCc1ccc(Cc2cccc(C#N)c2)cc1. The number of benzene rings is 2. The third-order valence-corrected chi connectivity index (χ3v) is 2.90. The fourth-order valence-corrected chi connectivity index (χ4v) is 1.88. The summed E-state index contributed by atoms with van der Waals surface area (Å²) in [5.74, 6) is 0. The molecule has 17 heavy (non-hydrogen) atoms. The van der Waals surface area contributed by atoms with E-state index in [1.54, 1.807) is 0 Å². The lowest BCUT2D eigenvalue weighted by Gasteiger charge is -2.03. The Balaban J connectivity index is 2.16. The molecule has 0 radical (unpaired) electrons. The van der Waals surface area contributed by atoms with Crippen molar-refractivity contribution < 1.29 is 0 Å². The van der Waals surface area contributed by atoms with Gasteiger partial charge in [0.05, 0.1) is 11.6 Å². The smallest absolute Gasteiger partial charge is 0.0991 e. The van der Waals surface area contributed by atoms with Gasteiger partial charge >= 0.3 is 0 Å². The molecule has 0 heterocycles. The van der Waals surface area contributed by atoms with E-state index in [0.717, 1.165) is 18.4 Å². The van der Waals surface area contributed by atoms with E-state index in [1.807, 2.05) is 18.2 Å². The normalized spacial score (nSPS) is 9.88. The standard InChI is InChI=1S/C16H15N/c1-2-13-6-8-14(9-7-13)10-15-4-3-5-16(11-15)12-17/h3-9,11H,2,10H2,1H3. The Hall–Kier alpha value is -2.07. The highest BCUT2D eigenvalue weighted by molar-refractivity contribution is 5.36. The summed E-state index contributed by atoms with van der Waals surface area (Å²) in [5.41, 5.74) is 4.57. The molecule has 0 aliphatic heterocycles. The van der Waals surface area contributed by atoms with Crippen LogP contribution in [-0.2, 0) is 12.8 Å². The number of nitriles is 1. The average molecular weight is 221 g/mol. The van der Waals surface area contributed by atoms with E-state index in [2.05, 4.69) is 43.3 Å². The highest BCUT2D eigenvalue weighted by atomic mass is 14.2. The predicted molar refractivity (Wildman–Crippen MR) is 69.8 cm³/mol. The molecular formula is C16H15N. The maximum atomic E-state index is 8.85. The van der Waals surface area contributed by atoms with Crippen molar-refractivity contribution in [1.29, 1.82) is 5.26 Å². The van der Waals surface area contributed by atoms with Gasteiger partial charge in [0.15, 0.2) is 0 Å². The lowest BCUT2D eigenvalue weighted by Crippen LogP contribution is -1.89. The first kappa shape index (κ1) is 11.4. The Morgan fingerprint density at radius 2 is 1.65 bits per heavy atom. The topological polar surface area (TPSA) is 23.8 Å². The lowest BCUT2D eigenvalue weighted by atomic mass is 10.0. The summed E-state index contributed by atoms with van der Waals surface area (Å²) >= 11 is 0. The van der Waals surface area contributed by atoms with Crippen LogP contribution in [0.3, 0.4) is 0 Å². The molecule has 0 aliphatic rings. The molecule has 2 rings (SSSR count). The molecule has 0 saturated heterocycles. The third-order valence-electron chi connectivity index (χ3n) is 2.90. The van der Waals surface area contributed by atoms with Gasteiger partial charge in [-0.3, -0.25) is 0 Å². The minimum Gasteiger partial charge on any atom is -0.192 e. The number of rotatable bonds is 3. The van der Waals surface area contributed by atoms with E-state index < -0.39 is 0 Å². The van der Waals surface area contributed by atoms with Gasteiger partial charge in [0.1, 0.15) is 0 Å². The largest absolute Gasteiger partial charge is 0.192 e. The van der Waals surface area contributed by atoms with Crippen molar-refractivity contribution in [3.8, 4) is 6.07 Å². The molecule has 0 bridgehead atoms. The second kappa shape index (κ2) is 5.32. The lowest BCUT2D eigenvalue weighted by molar-refractivity contribution is 1.12. The summed E-state index contributed by atoms with van der Waals surface area (Å²) < 4.78 is 0. The van der Waals surface area contributed by atoms with Gasteiger partial charge in [-0.05, 0) is 41.7 Å². The highest BCUT2D eigenvalue weighted by Gasteiger charge is 1.98. The van der Waals surface area contributed by atoms with Gasteiger partial charge < -0.3 is 0 Å². The van der Waals surface area contributed by atoms with E-state index in [0.29, 0.717) is 0 Å². The van der Waals surface area contributed by atoms with Crippen LogP contribution in [0.25, 0.3) is 0 Å². The second-order valence-electron chi connectivity index (χ2n) is 4.16. The summed E-state index contributed by atoms with van der Waals surface area (Å²) in [6, 6.07) is 18.6. The van der Waals surface area contributed by atoms with Gasteiger partial charge in [-0.25, -0.2) is 0 Å². The van der Waals surface area contributed by atoms with Crippen molar-refractivity contribution in [3.63, 3.8) is 0 Å². The first-order valence-electron chi connectivity index (χ1n) is 5.88. The predicted octanol–water partition coefficient (Wildman–Crippen LogP) is 3.71. The molecule has 84 valence electrons. The third kappa shape index (κ3) is 2.95. The number of hydrogen-bond donors (Lipinski definition) is 0. The first-order valence-corrected chi connectivity index (χ1v) is 5.88. The van der Waals surface area contributed by atoms with Crippen LogP contribution in [0.2, 0.25) is 0 Å². The van der Waals surface area contributed by atoms with Crippen LogP contribution < -0.4 is 0 Å². The Morgan fingerprint density at radius 1 is 0.941 bits per heavy atom. The van der Waals surface area contributed by atoms with Gasteiger partial charge in [-0.2, -0.15) is 5.26 Å². The van der Waals surface area contributed by atoms with Gasteiger partial charge in [-0.1, -0.05) is 43.3 Å². The quantitative estimate of drug-likeness (QED) is 0.775. The number of nitrogens with zero attached hydrogens (tertiary/aromatic N) is 1. The average Bonchev–Trinajstić information content (AvgIpc) is 2.40. The fourth-order valence-electron chi connectivity index (χ4n) is 1.88. The van der Waals surface area contributed by atoms with E-state index in [9.17, 15) is 0 Å². The van der Waals surface area contributed by atoms with Gasteiger partial charge in [-0.15, -0.1) is 0 Å². The van der Waals surface area contributed by atoms with E-state index >= 15 is 0 Å². The molecule has 0 aromatic heterocycles. The molecule has 0 spiro atoms. The maximum absolute atomic E-state index is 8.85. The van der Waals surface area contributed by atoms with E-state index in [4.69, 9.17) is 5.26 Å². The molecule has 0 atom stereocenters. The monoisotopic (exact) mass is 221 g/mol. The summed E-state index contributed by atoms with van der Waals surface area (Å²) in [4.78, 5) is 0. The molecule has 1 heteroatoms. The summed E-state index contributed by atoms with van der Waals surface area (Å²) in [5, 5.41) is 8.85. The zero-order valence-corrected chi connectivity index (χ0v) is 9.98. The first-order chi connectivity index (χ1) is 8.31. The van der Waals surface area contributed by atoms with Crippen LogP contribution in [0.4, 0.5) is 0 Å². The van der Waals surface area contributed by atoms with Crippen molar-refractivity contribution in [1.82, 2.24) is 0 Å². The van der Waals surface area contributed by atoms with Gasteiger partial charge in [0.25, 0.3) is 0 Å². The van der Waals surface area contributed by atoms with Crippen LogP contribution in [0.5, 0.6) is 0 Å². The maximum Gasteiger partial charge on any atom is 0.0991 e. The van der Waals surface area contributed by atoms with E-state index in [1.165, 1.54) is 16.7 Å². The van der Waals surface area contributed by atoms with Gasteiger partial charge in [0.2, 0.25) is 0 Å². The summed E-state index contributed by atoms with van der Waals surface area (Å²) in [7, 11) is 0. The highest BCUT2D eigenvalue weighted by Crippen LogP contribution is 2.12. The zero-order valence-electron chi connectivity index (χ0n) is 9.98. The molecule has 2 aromatic rings. The van der Waals surface area contributed by atoms with Crippen LogP contribution in [0, 0.1) is 11.3 Å². The number of hydrogen-bond acceptors (Lipinski definition) is 1. The molecule has 0 aliphatic carbocycles. The minimum atomic E-state index is 0.729. The Labute approximate surface area is 102 Å². The Bertz CT molecular complexity index is 532. The molecule has 0 unspecified atom stereocenters. The van der Waals surface area contributed by atoms with Crippen LogP contribution in [-0.4, -0.2) is 0 Å². The molecule has 0 N–H and O–H groups in total. The Kier molecular flexibility index (Phi) is 3.57. The van der Waals surface area contributed by atoms with Crippen molar-refractivity contribution >= 4 is 0 Å². The van der Waals surface area contributed by atoms with E-state index in [-0.39, 0.29) is 0 Å². The van der Waals surface area contributed by atoms with Crippen LogP contribution in [0.1, 0.15) is 29.2 Å². The molecule has 1 nitrogen and oxygen atoms in total. The van der Waals surface area contributed by atoms with Crippen molar-refractivity contribution in [3.05, 3.63) is 70.8 Å². The van der Waals surface area contributed by atoms with Gasteiger partial charge in [0, 0.05) is 0 Å². The molecule has 0 amide bonds. The second-order valence-corrected chi connectivity index (χ2v) is 4.16. The van der Waals surface area contributed by atoms with Crippen LogP contribution >= 0.6 is 0 Å². The van der Waals surface area contributed by atoms with Crippen molar-refractivity contribution in [2.24, 2.45) is 0 Å². The van der Waals surface area contributed by atoms with Crippen molar-refractivity contribution in [2.75, 3.05) is 0 Å². The number of aryl methyl sites for hydroxylation is 1. The van der Waals surface area contributed by atoms with Crippen molar-refractivity contribution in [2.45, 2.75) is 19.8 Å². The summed E-state index contributed by atoms with van der Waals surface area (Å²) in [6.07, 6.45) is 1.96. The summed E-state index contributed by atoms with van der Waals surface area (Å²) in [6.45, 7) is 2.16. The molecular weight excluding hydrogens is 206 g/mol. The Morgan fingerprint density at radius 3 is 2.29 bits per heavy atom. The fraction of sp³-hybridized carbons (Fsp3) is 0.188. The van der Waals surface area contributed by atoms with Crippen LogP contribution in [0.15, 0.2) is 48.5 Å². The zero-order chi connectivity index (χ0) is 12.1. The molecule has 2 aromatic carbocycles.